The molecule has 1 fully saturated rings. The predicted molar refractivity (Wildman–Crippen MR) is 61.6 cm³/mol. The maximum Gasteiger partial charge on any atom is 0.301 e. The largest absolute Gasteiger partial charge is 0.432 e. The van der Waals surface area contributed by atoms with Crippen LogP contribution >= 0.6 is 0 Å². The number of carbonyl (C=O) groups excluding carboxylic acids is 1. The summed E-state index contributed by atoms with van der Waals surface area (Å²) in [5, 5.41) is 5.89. The summed E-state index contributed by atoms with van der Waals surface area (Å²) in [6.07, 6.45) is 1.50. The van der Waals surface area contributed by atoms with Crippen LogP contribution in [0.25, 0.3) is 0 Å². The molecule has 2 N–H and O–H groups in total. The van der Waals surface area contributed by atoms with Crippen molar-refractivity contribution in [2.75, 3.05) is 25.1 Å². The van der Waals surface area contributed by atoms with Crippen LogP contribution < -0.4 is 10.6 Å². The Morgan fingerprint density at radius 1 is 1.59 bits per heavy atom. The number of hydrogen-bond donors (Lipinski definition) is 2. The fourth-order valence-corrected chi connectivity index (χ4v) is 1.89. The second-order valence-corrected chi connectivity index (χ2v) is 4.09. The normalized spacial score (nSPS) is 23.9. The molecule has 1 aromatic rings. The number of ether oxygens (including phenoxy) is 1. The molecule has 2 unspecified atom stereocenters. The Hall–Kier alpha value is -1.40. The van der Waals surface area contributed by atoms with Gasteiger partial charge in [-0.05, 0) is 13.5 Å². The molecule has 94 valence electrons. The molecule has 1 aliphatic rings. The van der Waals surface area contributed by atoms with Crippen LogP contribution in [0.5, 0.6) is 0 Å². The first-order chi connectivity index (χ1) is 8.20. The number of likely N-dealkylation sites (N-methyl/N-ethyl adjacent to an activating group) is 1. The van der Waals surface area contributed by atoms with E-state index in [4.69, 9.17) is 9.15 Å². The molecule has 0 aliphatic carbocycles. The van der Waals surface area contributed by atoms with Crippen LogP contribution in [0.1, 0.15) is 12.6 Å². The van der Waals surface area contributed by atoms with E-state index in [2.05, 4.69) is 15.6 Å². The predicted octanol–water partition coefficient (Wildman–Crippen LogP) is 0.546. The molecule has 1 aromatic heterocycles. The van der Waals surface area contributed by atoms with E-state index in [9.17, 15) is 4.79 Å². The topological polar surface area (TPSA) is 76.4 Å². The van der Waals surface area contributed by atoms with Crippen LogP contribution in [-0.4, -0.2) is 36.7 Å². The van der Waals surface area contributed by atoms with Crippen LogP contribution in [0.4, 0.5) is 6.01 Å². The number of anilines is 1. The van der Waals surface area contributed by atoms with E-state index in [-0.39, 0.29) is 23.9 Å². The maximum atomic E-state index is 12.0. The van der Waals surface area contributed by atoms with Crippen molar-refractivity contribution in [3.05, 3.63) is 12.0 Å². The Bertz CT molecular complexity index is 391. The number of hydrogen-bond acceptors (Lipinski definition) is 5. The molecule has 1 amide bonds. The lowest BCUT2D eigenvalue weighted by Crippen LogP contribution is -2.41. The van der Waals surface area contributed by atoms with Gasteiger partial charge in [-0.15, -0.1) is 0 Å². The van der Waals surface area contributed by atoms with Crippen molar-refractivity contribution in [2.45, 2.75) is 19.9 Å². The summed E-state index contributed by atoms with van der Waals surface area (Å²) in [5.74, 6) is -0.308. The molecule has 17 heavy (non-hydrogen) atoms. The van der Waals surface area contributed by atoms with E-state index in [1.54, 1.807) is 6.92 Å². The van der Waals surface area contributed by atoms with Crippen LogP contribution in [0.3, 0.4) is 0 Å². The molecule has 2 atom stereocenters. The van der Waals surface area contributed by atoms with Gasteiger partial charge in [0, 0.05) is 6.04 Å². The number of rotatable bonds is 4. The minimum atomic E-state index is -0.192. The summed E-state index contributed by atoms with van der Waals surface area (Å²) >= 11 is 0. The Kier molecular flexibility index (Phi) is 3.75. The van der Waals surface area contributed by atoms with Crippen molar-refractivity contribution in [3.63, 3.8) is 0 Å². The lowest BCUT2D eigenvalue weighted by molar-refractivity contribution is -0.120. The van der Waals surface area contributed by atoms with Gasteiger partial charge in [0.05, 0.1) is 24.8 Å². The van der Waals surface area contributed by atoms with Crippen molar-refractivity contribution in [2.24, 2.45) is 5.92 Å². The fourth-order valence-electron chi connectivity index (χ4n) is 1.89. The fraction of sp³-hybridized carbons (Fsp3) is 0.636. The molecule has 2 rings (SSSR count). The van der Waals surface area contributed by atoms with Gasteiger partial charge in [0.15, 0.2) is 0 Å². The van der Waals surface area contributed by atoms with Gasteiger partial charge in [0.1, 0.15) is 6.26 Å². The molecule has 0 saturated carbocycles. The first kappa shape index (κ1) is 12.1. The second kappa shape index (κ2) is 5.29. The molecule has 6 heteroatoms. The monoisotopic (exact) mass is 239 g/mol. The molecule has 2 heterocycles. The number of nitrogens with one attached hydrogen (secondary N) is 2. The molecule has 1 saturated heterocycles. The molecule has 0 radical (unpaired) electrons. The summed E-state index contributed by atoms with van der Waals surface area (Å²) in [6, 6.07) is 0.311. The van der Waals surface area contributed by atoms with Gasteiger partial charge in [-0.1, -0.05) is 6.92 Å². The second-order valence-electron chi connectivity index (χ2n) is 4.09. The number of aryl methyl sites for hydroxylation is 1. The van der Waals surface area contributed by atoms with E-state index in [1.165, 1.54) is 6.26 Å². The van der Waals surface area contributed by atoms with Crippen molar-refractivity contribution in [1.82, 2.24) is 10.3 Å². The maximum absolute atomic E-state index is 12.0. The molecule has 0 bridgehead atoms. The molecule has 0 spiro atoms. The Labute approximate surface area is 99.7 Å². The molecular formula is C11H17N3O3. The van der Waals surface area contributed by atoms with Gasteiger partial charge in [0.25, 0.3) is 0 Å². The van der Waals surface area contributed by atoms with Gasteiger partial charge in [-0.2, -0.15) is 4.98 Å². The minimum Gasteiger partial charge on any atom is -0.432 e. The van der Waals surface area contributed by atoms with Crippen LogP contribution in [0.15, 0.2) is 10.7 Å². The average Bonchev–Trinajstić information content (AvgIpc) is 2.88. The van der Waals surface area contributed by atoms with Crippen molar-refractivity contribution in [3.8, 4) is 0 Å². The average molecular weight is 239 g/mol. The first-order valence-corrected chi connectivity index (χ1v) is 5.75. The standard InChI is InChI=1S/C11H17N3O3/c1-3-12-9-6-16-5-8(9)10(15)14-11-13-7(2)4-17-11/h4,8-9,12H,3,5-6H2,1-2H3,(H,13,14,15). The highest BCUT2D eigenvalue weighted by molar-refractivity contribution is 5.91. The SMILES string of the molecule is CCNC1COCC1C(=O)Nc1nc(C)co1. The summed E-state index contributed by atoms with van der Waals surface area (Å²) in [6.45, 7) is 5.62. The van der Waals surface area contributed by atoms with E-state index in [0.717, 1.165) is 12.2 Å². The van der Waals surface area contributed by atoms with E-state index in [1.807, 2.05) is 6.92 Å². The van der Waals surface area contributed by atoms with Crippen molar-refractivity contribution >= 4 is 11.9 Å². The van der Waals surface area contributed by atoms with Crippen molar-refractivity contribution < 1.29 is 13.9 Å². The van der Waals surface area contributed by atoms with Crippen LogP contribution in [0, 0.1) is 12.8 Å². The third-order valence-corrected chi connectivity index (χ3v) is 2.73. The van der Waals surface area contributed by atoms with E-state index in [0.29, 0.717) is 13.2 Å². The highest BCUT2D eigenvalue weighted by Gasteiger charge is 2.33. The summed E-state index contributed by atoms with van der Waals surface area (Å²) < 4.78 is 10.4. The summed E-state index contributed by atoms with van der Waals surface area (Å²) in [4.78, 5) is 16.0. The number of carbonyl (C=O) groups is 1. The summed E-state index contributed by atoms with van der Waals surface area (Å²) in [7, 11) is 0. The zero-order chi connectivity index (χ0) is 12.3. The quantitative estimate of drug-likeness (QED) is 0.802. The first-order valence-electron chi connectivity index (χ1n) is 5.75. The van der Waals surface area contributed by atoms with Crippen LogP contribution in [-0.2, 0) is 9.53 Å². The number of nitrogens with zero attached hydrogens (tertiary/aromatic N) is 1. The molecule has 6 nitrogen and oxygen atoms in total. The Morgan fingerprint density at radius 3 is 3.06 bits per heavy atom. The number of aromatic nitrogens is 1. The minimum absolute atomic E-state index is 0.0658. The summed E-state index contributed by atoms with van der Waals surface area (Å²) in [5.41, 5.74) is 0.742. The molecular weight excluding hydrogens is 222 g/mol. The number of oxazole rings is 1. The molecule has 0 aromatic carbocycles. The van der Waals surface area contributed by atoms with Gasteiger partial charge in [-0.25, -0.2) is 0 Å². The third kappa shape index (κ3) is 2.83. The van der Waals surface area contributed by atoms with E-state index < -0.39 is 0 Å². The van der Waals surface area contributed by atoms with Gasteiger partial charge >= 0.3 is 6.01 Å². The highest BCUT2D eigenvalue weighted by Crippen LogP contribution is 2.16. The van der Waals surface area contributed by atoms with Gasteiger partial charge < -0.3 is 14.5 Å². The van der Waals surface area contributed by atoms with Gasteiger partial charge in [0.2, 0.25) is 5.91 Å². The van der Waals surface area contributed by atoms with Crippen LogP contribution in [0.2, 0.25) is 0 Å². The smallest absolute Gasteiger partial charge is 0.301 e. The van der Waals surface area contributed by atoms with Crippen molar-refractivity contribution in [1.29, 1.82) is 0 Å². The Balaban J connectivity index is 1.95. The van der Waals surface area contributed by atoms with Gasteiger partial charge in [-0.3, -0.25) is 10.1 Å². The zero-order valence-electron chi connectivity index (χ0n) is 10.0. The third-order valence-electron chi connectivity index (χ3n) is 2.73. The highest BCUT2D eigenvalue weighted by atomic mass is 16.5. The lowest BCUT2D eigenvalue weighted by Gasteiger charge is -2.16. The lowest BCUT2D eigenvalue weighted by atomic mass is 10.0. The van der Waals surface area contributed by atoms with E-state index >= 15 is 0 Å². The Morgan fingerprint density at radius 2 is 2.41 bits per heavy atom. The number of amides is 1. The molecule has 1 aliphatic heterocycles. The zero-order valence-corrected chi connectivity index (χ0v) is 10.0.